The number of esters is 1. The maximum absolute atomic E-state index is 11.3. The van der Waals surface area contributed by atoms with E-state index >= 15 is 0 Å². The summed E-state index contributed by atoms with van der Waals surface area (Å²) in [5.74, 6) is -0.883. The molecule has 0 aliphatic carbocycles. The van der Waals surface area contributed by atoms with Crippen LogP contribution in [0.25, 0.3) is 0 Å². The fourth-order valence-electron chi connectivity index (χ4n) is 0.211. The van der Waals surface area contributed by atoms with E-state index in [2.05, 4.69) is 4.74 Å². The van der Waals surface area contributed by atoms with Gasteiger partial charge in [-0.2, -0.15) is 13.2 Å². The van der Waals surface area contributed by atoms with Crippen molar-refractivity contribution in [2.45, 2.75) is 6.18 Å². The summed E-state index contributed by atoms with van der Waals surface area (Å²) in [6, 6.07) is 0. The van der Waals surface area contributed by atoms with Crippen molar-refractivity contribution in [1.29, 1.82) is 0 Å². The van der Waals surface area contributed by atoms with Gasteiger partial charge in [0, 0.05) is 0 Å². The van der Waals surface area contributed by atoms with Gasteiger partial charge in [-0.1, -0.05) is 0 Å². The minimum Gasteiger partial charge on any atom is -0.446 e. The van der Waals surface area contributed by atoms with Crippen LogP contribution >= 0.6 is 0 Å². The molecule has 11 heavy (non-hydrogen) atoms. The molecule has 0 aromatic heterocycles. The molecular formula is C5H2F4O2. The molecule has 0 amide bonds. The van der Waals surface area contributed by atoms with E-state index in [1.807, 2.05) is 0 Å². The Balaban J connectivity index is 3.77. The first-order valence-corrected chi connectivity index (χ1v) is 2.31. The van der Waals surface area contributed by atoms with Crippen molar-refractivity contribution in [1.82, 2.24) is 0 Å². The smallest absolute Gasteiger partial charge is 0.446 e. The summed E-state index contributed by atoms with van der Waals surface area (Å²) in [4.78, 5) is 9.80. The highest BCUT2D eigenvalue weighted by Gasteiger charge is 2.40. The molecule has 62 valence electrons. The van der Waals surface area contributed by atoms with E-state index < -0.39 is 18.8 Å². The lowest BCUT2D eigenvalue weighted by Crippen LogP contribution is -2.25. The summed E-state index contributed by atoms with van der Waals surface area (Å²) >= 11 is 0. The molecule has 0 N–H and O–H groups in total. The van der Waals surface area contributed by atoms with Gasteiger partial charge < -0.3 is 4.74 Å². The molecule has 0 heterocycles. The molecule has 0 fully saturated rings. The zero-order valence-electron chi connectivity index (χ0n) is 5.04. The van der Waals surface area contributed by atoms with Crippen LogP contribution in [0.2, 0.25) is 0 Å². The quantitative estimate of drug-likeness (QED) is 0.333. The summed E-state index contributed by atoms with van der Waals surface area (Å²) < 4.78 is 48.2. The molecule has 0 saturated carbocycles. The minimum atomic E-state index is -5.04. The molecule has 0 rings (SSSR count). The van der Waals surface area contributed by atoms with Gasteiger partial charge in [0.15, 0.2) is 6.61 Å². The molecule has 0 spiro atoms. The maximum Gasteiger partial charge on any atom is 0.490 e. The molecule has 2 nitrogen and oxygen atoms in total. The lowest BCUT2D eigenvalue weighted by Gasteiger charge is -2.02. The van der Waals surface area contributed by atoms with Crippen LogP contribution in [0.4, 0.5) is 17.6 Å². The van der Waals surface area contributed by atoms with Gasteiger partial charge in [0.1, 0.15) is 6.17 Å². The van der Waals surface area contributed by atoms with Gasteiger partial charge >= 0.3 is 12.1 Å². The highest BCUT2D eigenvalue weighted by atomic mass is 19.4. The number of hydrogen-bond acceptors (Lipinski definition) is 2. The number of alkyl halides is 3. The zero-order valence-corrected chi connectivity index (χ0v) is 5.04. The summed E-state index contributed by atoms with van der Waals surface area (Å²) in [7, 11) is 0. The fraction of sp³-hybridized carbons (Fsp3) is 0.400. The number of hydrogen-bond donors (Lipinski definition) is 0. The molecule has 0 radical (unpaired) electrons. The molecule has 0 unspecified atom stereocenters. The second-order valence-electron chi connectivity index (χ2n) is 1.35. The summed E-state index contributed by atoms with van der Waals surface area (Å²) in [6.45, 7) is -0.894. The molecule has 0 atom stereocenters. The first kappa shape index (κ1) is 9.75. The van der Waals surface area contributed by atoms with Gasteiger partial charge in [0.2, 0.25) is 0 Å². The Morgan fingerprint density at radius 3 is 2.36 bits per heavy atom. The van der Waals surface area contributed by atoms with Crippen molar-refractivity contribution in [3.63, 3.8) is 0 Å². The molecule has 6 heteroatoms. The highest BCUT2D eigenvalue weighted by Crippen LogP contribution is 2.15. The Hall–Kier alpha value is -1.25. The average Bonchev–Trinajstić information content (AvgIpc) is 1.86. The van der Waals surface area contributed by atoms with Crippen LogP contribution in [0.1, 0.15) is 0 Å². The summed E-state index contributed by atoms with van der Waals surface area (Å²) in [6.07, 6.45) is -4.26. The Labute approximate surface area is 59.1 Å². The normalized spacial score (nSPS) is 9.82. The predicted molar refractivity (Wildman–Crippen MR) is 25.9 cm³/mol. The predicted octanol–water partition coefficient (Wildman–Crippen LogP) is 1.02. The minimum absolute atomic E-state index is 0.780. The number of halogens is 4. The first-order chi connectivity index (χ1) is 4.98. The van der Waals surface area contributed by atoms with Crippen molar-refractivity contribution in [3.8, 4) is 12.1 Å². The van der Waals surface area contributed by atoms with Gasteiger partial charge in [0.05, 0.1) is 0 Å². The number of ether oxygens (including phenoxy) is 1. The number of rotatable bonds is 1. The van der Waals surface area contributed by atoms with E-state index in [1.54, 1.807) is 0 Å². The molecule has 0 aromatic rings. The third-order valence-electron chi connectivity index (χ3n) is 0.574. The Bertz CT molecular complexity index is 197. The molecular weight excluding hydrogens is 168 g/mol. The van der Waals surface area contributed by atoms with Crippen molar-refractivity contribution >= 4 is 5.97 Å². The van der Waals surface area contributed by atoms with E-state index in [1.165, 1.54) is 5.92 Å². The van der Waals surface area contributed by atoms with Crippen LogP contribution in [0.5, 0.6) is 0 Å². The summed E-state index contributed by atoms with van der Waals surface area (Å²) in [5, 5.41) is 0. The Morgan fingerprint density at radius 2 is 2.00 bits per heavy atom. The number of carbonyl (C=O) groups excluding carboxylic acids is 1. The van der Waals surface area contributed by atoms with Crippen molar-refractivity contribution < 1.29 is 27.1 Å². The number of carbonyl (C=O) groups is 1. The lowest BCUT2D eigenvalue weighted by molar-refractivity contribution is -0.198. The lowest BCUT2D eigenvalue weighted by atomic mass is 10.6. The van der Waals surface area contributed by atoms with Crippen molar-refractivity contribution in [2.75, 3.05) is 6.61 Å². The van der Waals surface area contributed by atoms with Gasteiger partial charge in [-0.3, -0.25) is 0 Å². The second-order valence-corrected chi connectivity index (χ2v) is 1.35. The van der Waals surface area contributed by atoms with E-state index in [0.717, 1.165) is 6.17 Å². The largest absolute Gasteiger partial charge is 0.490 e. The van der Waals surface area contributed by atoms with Crippen LogP contribution in [0, 0.1) is 12.1 Å². The van der Waals surface area contributed by atoms with E-state index in [4.69, 9.17) is 0 Å². The van der Waals surface area contributed by atoms with Crippen LogP contribution in [-0.2, 0) is 9.53 Å². The van der Waals surface area contributed by atoms with Crippen molar-refractivity contribution in [2.24, 2.45) is 0 Å². The second kappa shape index (κ2) is 3.81. The average molecular weight is 170 g/mol. The van der Waals surface area contributed by atoms with E-state index in [0.29, 0.717) is 0 Å². The zero-order chi connectivity index (χ0) is 8.91. The monoisotopic (exact) mass is 170 g/mol. The van der Waals surface area contributed by atoms with Crippen LogP contribution in [0.3, 0.4) is 0 Å². The van der Waals surface area contributed by atoms with Crippen LogP contribution in [-0.4, -0.2) is 18.8 Å². The molecule has 0 aliphatic heterocycles. The molecule has 0 bridgehead atoms. The van der Waals surface area contributed by atoms with Gasteiger partial charge in [-0.05, 0) is 5.92 Å². The SMILES string of the molecule is O=C(OCC#CF)C(F)(F)F. The fourth-order valence-corrected chi connectivity index (χ4v) is 0.211. The van der Waals surface area contributed by atoms with Crippen LogP contribution < -0.4 is 0 Å². The maximum atomic E-state index is 11.3. The van der Waals surface area contributed by atoms with E-state index in [9.17, 15) is 22.4 Å². The van der Waals surface area contributed by atoms with Gasteiger partial charge in [-0.15, -0.1) is 4.39 Å². The van der Waals surface area contributed by atoms with Crippen LogP contribution in [0.15, 0.2) is 0 Å². The van der Waals surface area contributed by atoms with Gasteiger partial charge in [0.25, 0.3) is 0 Å². The summed E-state index contributed by atoms with van der Waals surface area (Å²) in [5.41, 5.74) is 0. The van der Waals surface area contributed by atoms with E-state index in [-0.39, 0.29) is 0 Å². The highest BCUT2D eigenvalue weighted by molar-refractivity contribution is 5.75. The molecule has 0 aliphatic rings. The molecule has 0 saturated heterocycles. The van der Waals surface area contributed by atoms with Crippen molar-refractivity contribution in [3.05, 3.63) is 0 Å². The Kier molecular flexibility index (Phi) is 3.37. The standard InChI is InChI=1S/C5H2F4O2/c6-2-1-3-11-4(10)5(7,8)9/h3H2. The molecule has 0 aromatic carbocycles. The Morgan fingerprint density at radius 1 is 1.45 bits per heavy atom. The third-order valence-corrected chi connectivity index (χ3v) is 0.574. The topological polar surface area (TPSA) is 26.3 Å². The van der Waals surface area contributed by atoms with Gasteiger partial charge in [-0.25, -0.2) is 4.79 Å². The first-order valence-electron chi connectivity index (χ1n) is 2.31. The third kappa shape index (κ3) is 4.19.